The minimum Gasteiger partial charge on any atom is -0.493 e. The molecule has 8 heteroatoms. The molecule has 3 aliphatic rings. The van der Waals surface area contributed by atoms with Crippen LogP contribution in [-0.4, -0.2) is 54.9 Å². The van der Waals surface area contributed by atoms with Crippen molar-refractivity contribution in [3.05, 3.63) is 59.9 Å². The molecule has 1 saturated carbocycles. The van der Waals surface area contributed by atoms with Crippen LogP contribution in [0.3, 0.4) is 0 Å². The summed E-state index contributed by atoms with van der Waals surface area (Å²) in [4.78, 5) is 27.0. The largest absolute Gasteiger partial charge is 0.493 e. The second-order valence-corrected chi connectivity index (χ2v) is 8.52. The highest BCUT2D eigenvalue weighted by Gasteiger charge is 2.30. The molecule has 1 unspecified atom stereocenters. The Labute approximate surface area is 192 Å². The fraction of sp³-hybridized carbons (Fsp3) is 0.360. The molecule has 2 amide bonds. The lowest BCUT2D eigenvalue weighted by molar-refractivity contribution is -0.116. The lowest BCUT2D eigenvalue weighted by atomic mass is 10.1. The van der Waals surface area contributed by atoms with E-state index in [9.17, 15) is 9.59 Å². The molecule has 1 atom stereocenters. The monoisotopic (exact) mass is 450 g/mol. The zero-order chi connectivity index (χ0) is 22.9. The van der Waals surface area contributed by atoms with Gasteiger partial charge in [0.05, 0.1) is 13.7 Å². The van der Waals surface area contributed by atoms with Crippen LogP contribution in [0.25, 0.3) is 0 Å². The molecule has 8 nitrogen and oxygen atoms in total. The van der Waals surface area contributed by atoms with Gasteiger partial charge in [-0.25, -0.2) is 4.79 Å². The number of anilines is 1. The first-order chi connectivity index (χ1) is 16.0. The molecule has 0 bridgehead atoms. The zero-order valence-corrected chi connectivity index (χ0v) is 18.4. The SMILES string of the molecule is COc1cc(N2CC=C(Oc3ccc(C4CC4)cc3)C2=O)ccc1OC1CCN(C(=O)O)C1. The number of methoxy groups -OCH3 is 1. The Morgan fingerprint density at radius 1 is 1.06 bits per heavy atom. The minimum atomic E-state index is -0.944. The maximum absolute atomic E-state index is 13.0. The fourth-order valence-corrected chi connectivity index (χ4v) is 4.24. The van der Waals surface area contributed by atoms with E-state index in [-0.39, 0.29) is 12.0 Å². The molecule has 5 rings (SSSR count). The molecule has 2 aromatic rings. The minimum absolute atomic E-state index is 0.218. The molecule has 2 heterocycles. The highest BCUT2D eigenvalue weighted by atomic mass is 16.5. The van der Waals surface area contributed by atoms with E-state index in [2.05, 4.69) is 12.1 Å². The summed E-state index contributed by atoms with van der Waals surface area (Å²) in [6.07, 6.45) is 3.70. The average Bonchev–Trinajstić information content (AvgIpc) is 3.46. The van der Waals surface area contributed by atoms with Crippen molar-refractivity contribution in [3.8, 4) is 17.2 Å². The number of carboxylic acid groups (broad SMARTS) is 1. The molecule has 2 aromatic carbocycles. The van der Waals surface area contributed by atoms with Gasteiger partial charge in [-0.1, -0.05) is 12.1 Å². The summed E-state index contributed by atoms with van der Waals surface area (Å²) in [5.41, 5.74) is 1.99. The zero-order valence-electron chi connectivity index (χ0n) is 18.4. The molecule has 2 fully saturated rings. The number of likely N-dealkylation sites (tertiary alicyclic amines) is 1. The lowest BCUT2D eigenvalue weighted by Gasteiger charge is -2.20. The number of benzene rings is 2. The van der Waals surface area contributed by atoms with Crippen molar-refractivity contribution < 1.29 is 28.9 Å². The smallest absolute Gasteiger partial charge is 0.407 e. The van der Waals surface area contributed by atoms with Crippen LogP contribution in [0.2, 0.25) is 0 Å². The summed E-state index contributed by atoms with van der Waals surface area (Å²) in [5, 5.41) is 9.12. The van der Waals surface area contributed by atoms with Crippen LogP contribution in [0.5, 0.6) is 17.2 Å². The maximum atomic E-state index is 13.0. The van der Waals surface area contributed by atoms with Crippen molar-refractivity contribution in [1.82, 2.24) is 4.90 Å². The molecule has 172 valence electrons. The number of carbonyl (C=O) groups excluding carboxylic acids is 1. The summed E-state index contributed by atoms with van der Waals surface area (Å²) in [6.45, 7) is 1.16. The highest BCUT2D eigenvalue weighted by molar-refractivity contribution is 6.07. The average molecular weight is 450 g/mol. The molecular weight excluding hydrogens is 424 g/mol. The Morgan fingerprint density at radius 2 is 1.85 bits per heavy atom. The van der Waals surface area contributed by atoms with Gasteiger partial charge in [0.1, 0.15) is 11.9 Å². The Bertz CT molecular complexity index is 1090. The summed E-state index contributed by atoms with van der Waals surface area (Å²) < 4.78 is 17.3. The van der Waals surface area contributed by atoms with Gasteiger partial charge in [0.2, 0.25) is 0 Å². The van der Waals surface area contributed by atoms with Gasteiger partial charge in [0, 0.05) is 31.3 Å². The Hall–Kier alpha value is -3.68. The lowest BCUT2D eigenvalue weighted by Crippen LogP contribution is -2.29. The molecule has 0 aromatic heterocycles. The summed E-state index contributed by atoms with van der Waals surface area (Å²) in [7, 11) is 1.54. The maximum Gasteiger partial charge on any atom is 0.407 e. The number of ether oxygens (including phenoxy) is 3. The molecular formula is C25H26N2O6. The van der Waals surface area contributed by atoms with E-state index in [1.165, 1.54) is 30.4 Å². The second-order valence-electron chi connectivity index (χ2n) is 8.52. The van der Waals surface area contributed by atoms with Crippen LogP contribution in [0.1, 0.15) is 30.7 Å². The van der Waals surface area contributed by atoms with Crippen molar-refractivity contribution in [2.75, 3.05) is 31.6 Å². The number of hydrogen-bond acceptors (Lipinski definition) is 5. The predicted molar refractivity (Wildman–Crippen MR) is 121 cm³/mol. The number of carbonyl (C=O) groups is 2. The first-order valence-corrected chi connectivity index (χ1v) is 11.1. The number of amides is 2. The van der Waals surface area contributed by atoms with Gasteiger partial charge in [-0.15, -0.1) is 0 Å². The first kappa shape index (κ1) is 21.2. The van der Waals surface area contributed by atoms with Gasteiger partial charge < -0.3 is 29.1 Å². The highest BCUT2D eigenvalue weighted by Crippen LogP contribution is 2.40. The summed E-state index contributed by atoms with van der Waals surface area (Å²) in [5.74, 6) is 2.41. The van der Waals surface area contributed by atoms with E-state index in [0.717, 1.165) is 0 Å². The van der Waals surface area contributed by atoms with Crippen molar-refractivity contribution in [2.24, 2.45) is 0 Å². The Morgan fingerprint density at radius 3 is 2.52 bits per heavy atom. The summed E-state index contributed by atoms with van der Waals surface area (Å²) >= 11 is 0. The van der Waals surface area contributed by atoms with Crippen molar-refractivity contribution in [2.45, 2.75) is 31.3 Å². The second kappa shape index (κ2) is 8.69. The molecule has 33 heavy (non-hydrogen) atoms. The third-order valence-corrected chi connectivity index (χ3v) is 6.24. The van der Waals surface area contributed by atoms with Crippen molar-refractivity contribution in [1.29, 1.82) is 0 Å². The molecule has 1 N–H and O–H groups in total. The van der Waals surface area contributed by atoms with Gasteiger partial charge in [-0.05, 0) is 54.7 Å². The predicted octanol–water partition coefficient (Wildman–Crippen LogP) is 4.01. The topological polar surface area (TPSA) is 88.5 Å². The first-order valence-electron chi connectivity index (χ1n) is 11.1. The van der Waals surface area contributed by atoms with Crippen LogP contribution >= 0.6 is 0 Å². The molecule has 1 saturated heterocycles. The van der Waals surface area contributed by atoms with E-state index >= 15 is 0 Å². The standard InChI is InChI=1S/C25H26N2O6/c1-31-23-14-18(6-9-21(23)33-20-10-12-26(15-20)25(29)30)27-13-11-22(24(27)28)32-19-7-4-17(5-8-19)16-2-3-16/h4-9,11,14,16,20H,2-3,10,12-13,15H2,1H3,(H,29,30). The van der Waals surface area contributed by atoms with Crippen LogP contribution in [0.15, 0.2) is 54.3 Å². The van der Waals surface area contributed by atoms with Crippen molar-refractivity contribution >= 4 is 17.7 Å². The summed E-state index contributed by atoms with van der Waals surface area (Å²) in [6, 6.07) is 13.2. The Balaban J connectivity index is 1.24. The molecule has 0 radical (unpaired) electrons. The van der Waals surface area contributed by atoms with Gasteiger partial charge in [-0.2, -0.15) is 0 Å². The van der Waals surface area contributed by atoms with Crippen LogP contribution < -0.4 is 19.1 Å². The normalized spacial score (nSPS) is 20.1. The fourth-order valence-electron chi connectivity index (χ4n) is 4.24. The van der Waals surface area contributed by atoms with E-state index in [1.807, 2.05) is 12.1 Å². The van der Waals surface area contributed by atoms with Crippen LogP contribution in [0.4, 0.5) is 10.5 Å². The third-order valence-electron chi connectivity index (χ3n) is 6.24. The quantitative estimate of drug-likeness (QED) is 0.686. The van der Waals surface area contributed by atoms with Crippen LogP contribution in [0, 0.1) is 0 Å². The molecule has 2 aliphatic heterocycles. The van der Waals surface area contributed by atoms with E-state index < -0.39 is 6.09 Å². The number of nitrogens with zero attached hydrogens (tertiary/aromatic N) is 2. The van der Waals surface area contributed by atoms with E-state index in [4.69, 9.17) is 19.3 Å². The van der Waals surface area contributed by atoms with E-state index in [1.54, 1.807) is 29.2 Å². The van der Waals surface area contributed by atoms with Crippen molar-refractivity contribution in [3.63, 3.8) is 0 Å². The Kier molecular flexibility index (Phi) is 5.58. The molecule has 0 spiro atoms. The number of rotatable bonds is 7. The van der Waals surface area contributed by atoms with E-state index in [0.29, 0.717) is 60.7 Å². The van der Waals surface area contributed by atoms with Gasteiger partial charge in [0.25, 0.3) is 5.91 Å². The molecule has 1 aliphatic carbocycles. The number of hydrogen-bond donors (Lipinski definition) is 1. The van der Waals surface area contributed by atoms with Gasteiger partial charge in [-0.3, -0.25) is 4.79 Å². The van der Waals surface area contributed by atoms with Crippen LogP contribution in [-0.2, 0) is 4.79 Å². The van der Waals surface area contributed by atoms with Gasteiger partial charge >= 0.3 is 6.09 Å². The third kappa shape index (κ3) is 4.46. The van der Waals surface area contributed by atoms with Gasteiger partial charge in [0.15, 0.2) is 17.3 Å².